The van der Waals surface area contributed by atoms with Crippen LogP contribution in [0.4, 0.5) is 5.69 Å². The van der Waals surface area contributed by atoms with Crippen LogP contribution in [-0.2, 0) is 0 Å². The molecule has 1 aromatic rings. The molecule has 3 N–H and O–H groups in total. The molecule has 1 aromatic carbocycles. The van der Waals surface area contributed by atoms with Gasteiger partial charge >= 0.3 is 0 Å². The Morgan fingerprint density at radius 3 is 2.60 bits per heavy atom. The van der Waals surface area contributed by atoms with Crippen LogP contribution in [0.1, 0.15) is 11.1 Å². The minimum atomic E-state index is -0.432. The number of aliphatic hydroxyl groups excluding tert-OH is 2. The van der Waals surface area contributed by atoms with Crippen LogP contribution < -0.4 is 5.32 Å². The van der Waals surface area contributed by atoms with Gasteiger partial charge < -0.3 is 15.5 Å². The van der Waals surface area contributed by atoms with E-state index in [1.54, 1.807) is 12.1 Å². The number of hydrogen-bond donors (Lipinski definition) is 3. The van der Waals surface area contributed by atoms with Crippen molar-refractivity contribution in [3.8, 4) is 6.07 Å². The molecular formula is C11H14N2O2. The number of anilines is 1. The van der Waals surface area contributed by atoms with E-state index >= 15 is 0 Å². The molecule has 4 heteroatoms. The Morgan fingerprint density at radius 2 is 2.07 bits per heavy atom. The quantitative estimate of drug-likeness (QED) is 0.675. The summed E-state index contributed by atoms with van der Waals surface area (Å²) in [7, 11) is 0. The van der Waals surface area contributed by atoms with E-state index in [4.69, 9.17) is 15.5 Å². The van der Waals surface area contributed by atoms with Crippen LogP contribution in [0.5, 0.6) is 0 Å². The van der Waals surface area contributed by atoms with Crippen molar-refractivity contribution in [2.45, 2.75) is 13.0 Å². The Labute approximate surface area is 88.8 Å². The summed E-state index contributed by atoms with van der Waals surface area (Å²) in [5.41, 5.74) is 2.11. The molecule has 0 aromatic heterocycles. The zero-order valence-corrected chi connectivity index (χ0v) is 8.57. The average molecular weight is 206 g/mol. The molecule has 80 valence electrons. The summed E-state index contributed by atoms with van der Waals surface area (Å²) in [6.45, 7) is 1.53. The van der Waals surface area contributed by atoms with Crippen LogP contribution in [-0.4, -0.2) is 29.5 Å². The standard InChI is InChI=1S/C11H14N2O2/c1-8-3-2-4-9(5-12)11(8)13-10(6-14)7-15/h2-4,10,13-15H,6-7H2,1H3. The second-order valence-corrected chi connectivity index (χ2v) is 3.32. The van der Waals surface area contributed by atoms with Crippen LogP contribution in [0.2, 0.25) is 0 Å². The molecule has 0 atom stereocenters. The molecule has 0 aliphatic heterocycles. The third-order valence-electron chi connectivity index (χ3n) is 2.18. The number of benzene rings is 1. The Balaban J connectivity index is 2.97. The minimum Gasteiger partial charge on any atom is -0.394 e. The Hall–Kier alpha value is -1.57. The van der Waals surface area contributed by atoms with Gasteiger partial charge in [0.1, 0.15) is 6.07 Å². The highest BCUT2D eigenvalue weighted by Crippen LogP contribution is 2.20. The third kappa shape index (κ3) is 2.69. The number of nitrogens with zero attached hydrogens (tertiary/aromatic N) is 1. The molecule has 0 bridgehead atoms. The van der Waals surface area contributed by atoms with Crippen molar-refractivity contribution in [2.24, 2.45) is 0 Å². The van der Waals surface area contributed by atoms with Gasteiger partial charge in [-0.25, -0.2) is 0 Å². The molecule has 0 radical (unpaired) electrons. The molecule has 0 fully saturated rings. The fourth-order valence-electron chi connectivity index (χ4n) is 1.31. The van der Waals surface area contributed by atoms with Crippen molar-refractivity contribution in [1.82, 2.24) is 0 Å². The van der Waals surface area contributed by atoms with E-state index in [0.29, 0.717) is 11.3 Å². The second kappa shape index (κ2) is 5.35. The lowest BCUT2D eigenvalue weighted by atomic mass is 10.1. The summed E-state index contributed by atoms with van der Waals surface area (Å²) in [5, 5.41) is 29.7. The van der Waals surface area contributed by atoms with Gasteiger partial charge in [0.25, 0.3) is 0 Å². The van der Waals surface area contributed by atoms with Crippen molar-refractivity contribution in [2.75, 3.05) is 18.5 Å². The molecule has 0 aliphatic carbocycles. The lowest BCUT2D eigenvalue weighted by molar-refractivity contribution is 0.204. The molecule has 15 heavy (non-hydrogen) atoms. The van der Waals surface area contributed by atoms with Gasteiger partial charge in [-0.15, -0.1) is 0 Å². The van der Waals surface area contributed by atoms with Crippen molar-refractivity contribution >= 4 is 5.69 Å². The first-order valence-electron chi connectivity index (χ1n) is 4.71. The Kier molecular flexibility index (Phi) is 4.10. The predicted molar refractivity (Wildman–Crippen MR) is 57.5 cm³/mol. The molecule has 1 rings (SSSR count). The summed E-state index contributed by atoms with van der Waals surface area (Å²) in [6, 6.07) is 7.00. The lowest BCUT2D eigenvalue weighted by Gasteiger charge is -2.17. The maximum absolute atomic E-state index is 8.94. The largest absolute Gasteiger partial charge is 0.394 e. The first kappa shape index (κ1) is 11.5. The predicted octanol–water partition coefficient (Wildman–Crippen LogP) is 0.632. The van der Waals surface area contributed by atoms with Crippen molar-refractivity contribution in [1.29, 1.82) is 5.26 Å². The average Bonchev–Trinajstić information content (AvgIpc) is 2.27. The van der Waals surface area contributed by atoms with Crippen LogP contribution in [0, 0.1) is 18.3 Å². The molecule has 0 saturated heterocycles. The van der Waals surface area contributed by atoms with E-state index in [1.807, 2.05) is 13.0 Å². The highest BCUT2D eigenvalue weighted by Gasteiger charge is 2.10. The van der Waals surface area contributed by atoms with E-state index < -0.39 is 6.04 Å². The third-order valence-corrected chi connectivity index (χ3v) is 2.18. The zero-order valence-electron chi connectivity index (χ0n) is 8.57. The van der Waals surface area contributed by atoms with E-state index in [1.165, 1.54) is 0 Å². The number of nitriles is 1. The molecule has 0 amide bonds. The summed E-state index contributed by atoms with van der Waals surface area (Å²) in [6.07, 6.45) is 0. The van der Waals surface area contributed by atoms with E-state index in [-0.39, 0.29) is 13.2 Å². The first-order valence-corrected chi connectivity index (χ1v) is 4.71. The SMILES string of the molecule is Cc1cccc(C#N)c1NC(CO)CO. The van der Waals surface area contributed by atoms with Crippen LogP contribution in [0.3, 0.4) is 0 Å². The normalized spacial score (nSPS) is 10.1. The number of aryl methyl sites for hydroxylation is 1. The van der Waals surface area contributed by atoms with Crippen LogP contribution in [0.25, 0.3) is 0 Å². The number of para-hydroxylation sites is 1. The highest BCUT2D eigenvalue weighted by atomic mass is 16.3. The Bertz CT molecular complexity index is 367. The van der Waals surface area contributed by atoms with Crippen molar-refractivity contribution < 1.29 is 10.2 Å². The van der Waals surface area contributed by atoms with E-state index in [0.717, 1.165) is 5.56 Å². The van der Waals surface area contributed by atoms with Gasteiger partial charge in [-0.2, -0.15) is 5.26 Å². The van der Waals surface area contributed by atoms with Gasteiger partial charge in [-0.3, -0.25) is 0 Å². The van der Waals surface area contributed by atoms with Crippen LogP contribution >= 0.6 is 0 Å². The molecule has 0 saturated carbocycles. The van der Waals surface area contributed by atoms with Crippen LogP contribution in [0.15, 0.2) is 18.2 Å². The number of nitrogens with one attached hydrogen (secondary N) is 1. The highest BCUT2D eigenvalue weighted by molar-refractivity contribution is 5.62. The van der Waals surface area contributed by atoms with Gasteiger partial charge in [0, 0.05) is 0 Å². The fraction of sp³-hybridized carbons (Fsp3) is 0.364. The van der Waals surface area contributed by atoms with Crippen molar-refractivity contribution in [3.63, 3.8) is 0 Å². The zero-order chi connectivity index (χ0) is 11.3. The number of hydrogen-bond acceptors (Lipinski definition) is 4. The topological polar surface area (TPSA) is 76.3 Å². The number of rotatable bonds is 4. The first-order chi connectivity index (χ1) is 7.22. The number of aliphatic hydroxyl groups is 2. The van der Waals surface area contributed by atoms with Gasteiger partial charge in [-0.05, 0) is 18.6 Å². The fourth-order valence-corrected chi connectivity index (χ4v) is 1.31. The summed E-state index contributed by atoms with van der Waals surface area (Å²) in [5.74, 6) is 0. The molecule has 0 spiro atoms. The maximum atomic E-state index is 8.94. The molecule has 0 aliphatic rings. The molecule has 0 heterocycles. The molecular weight excluding hydrogens is 192 g/mol. The molecule has 4 nitrogen and oxygen atoms in total. The van der Waals surface area contributed by atoms with Gasteiger partial charge in [-0.1, -0.05) is 12.1 Å². The molecule has 0 unspecified atom stereocenters. The Morgan fingerprint density at radius 1 is 1.40 bits per heavy atom. The van der Waals surface area contributed by atoms with Gasteiger partial charge in [0.15, 0.2) is 0 Å². The van der Waals surface area contributed by atoms with Gasteiger partial charge in [0.2, 0.25) is 0 Å². The maximum Gasteiger partial charge on any atom is 0.101 e. The smallest absolute Gasteiger partial charge is 0.101 e. The summed E-state index contributed by atoms with van der Waals surface area (Å²) >= 11 is 0. The van der Waals surface area contributed by atoms with Gasteiger partial charge in [0.05, 0.1) is 30.5 Å². The van der Waals surface area contributed by atoms with E-state index in [9.17, 15) is 0 Å². The lowest BCUT2D eigenvalue weighted by Crippen LogP contribution is -2.28. The minimum absolute atomic E-state index is 0.171. The summed E-state index contributed by atoms with van der Waals surface area (Å²) in [4.78, 5) is 0. The van der Waals surface area contributed by atoms with E-state index in [2.05, 4.69) is 11.4 Å². The van der Waals surface area contributed by atoms with Crippen molar-refractivity contribution in [3.05, 3.63) is 29.3 Å². The summed E-state index contributed by atoms with van der Waals surface area (Å²) < 4.78 is 0. The monoisotopic (exact) mass is 206 g/mol. The second-order valence-electron chi connectivity index (χ2n) is 3.32.